The Bertz CT molecular complexity index is 887. The largest absolute Gasteiger partial charge is 0.467 e. The Hall–Kier alpha value is -2.60. The van der Waals surface area contributed by atoms with Crippen molar-refractivity contribution in [2.45, 2.75) is 31.4 Å². The summed E-state index contributed by atoms with van der Waals surface area (Å²) in [5, 5.41) is 10.7. The van der Waals surface area contributed by atoms with Crippen LogP contribution >= 0.6 is 0 Å². The van der Waals surface area contributed by atoms with Crippen molar-refractivity contribution in [2.24, 2.45) is 0 Å². The third kappa shape index (κ3) is 2.93. The molecule has 2 unspecified atom stereocenters. The van der Waals surface area contributed by atoms with Crippen LogP contribution in [0.4, 0.5) is 4.39 Å². The quantitative estimate of drug-likeness (QED) is 0.761. The van der Waals surface area contributed by atoms with E-state index in [-0.39, 0.29) is 17.8 Å². The second-order valence-corrected chi connectivity index (χ2v) is 6.45. The highest BCUT2D eigenvalue weighted by atomic mass is 19.1. The molecule has 1 saturated heterocycles. The van der Waals surface area contributed by atoms with Gasteiger partial charge in [-0.15, -0.1) is 0 Å². The Morgan fingerprint density at radius 1 is 1.40 bits per heavy atom. The van der Waals surface area contributed by atoms with E-state index in [2.05, 4.69) is 4.98 Å². The lowest BCUT2D eigenvalue weighted by Gasteiger charge is -2.25. The third-order valence-corrected chi connectivity index (χ3v) is 4.85. The molecule has 1 fully saturated rings. The molecule has 3 aromatic rings. The first-order valence-corrected chi connectivity index (χ1v) is 8.43. The van der Waals surface area contributed by atoms with Gasteiger partial charge in [0.25, 0.3) is 5.91 Å². The fraction of sp³-hybridized carbons (Fsp3) is 0.316. The van der Waals surface area contributed by atoms with Crippen LogP contribution < -0.4 is 0 Å². The van der Waals surface area contributed by atoms with Crippen molar-refractivity contribution in [2.75, 3.05) is 6.54 Å². The van der Waals surface area contributed by atoms with Gasteiger partial charge in [0, 0.05) is 29.9 Å². The lowest BCUT2D eigenvalue weighted by atomic mass is 10.0. The second-order valence-electron chi connectivity index (χ2n) is 6.45. The van der Waals surface area contributed by atoms with Gasteiger partial charge < -0.3 is 19.4 Å². The van der Waals surface area contributed by atoms with Crippen LogP contribution in [0, 0.1) is 5.82 Å². The van der Waals surface area contributed by atoms with E-state index in [1.54, 1.807) is 35.2 Å². The van der Waals surface area contributed by atoms with Gasteiger partial charge in [-0.05, 0) is 43.2 Å². The smallest absolute Gasteiger partial charge is 0.270 e. The maximum atomic E-state index is 13.9. The number of nitrogens with zero attached hydrogens (tertiary/aromatic N) is 1. The van der Waals surface area contributed by atoms with Crippen LogP contribution in [0.2, 0.25) is 0 Å². The minimum atomic E-state index is -0.742. The molecule has 1 aliphatic rings. The molecule has 0 radical (unpaired) electrons. The molecule has 1 aromatic carbocycles. The van der Waals surface area contributed by atoms with Crippen LogP contribution in [-0.2, 0) is 0 Å². The summed E-state index contributed by atoms with van der Waals surface area (Å²) in [5.74, 6) is -0.00394. The predicted molar refractivity (Wildman–Crippen MR) is 90.6 cm³/mol. The van der Waals surface area contributed by atoms with E-state index < -0.39 is 6.10 Å². The van der Waals surface area contributed by atoms with Gasteiger partial charge >= 0.3 is 0 Å². The molecule has 0 spiro atoms. The molecule has 3 heterocycles. The number of carbonyl (C=O) groups excluding carboxylic acids is 1. The van der Waals surface area contributed by atoms with Crippen LogP contribution in [0.25, 0.3) is 10.9 Å². The van der Waals surface area contributed by atoms with Gasteiger partial charge in [0.1, 0.15) is 23.4 Å². The van der Waals surface area contributed by atoms with Crippen molar-refractivity contribution in [3.8, 4) is 0 Å². The van der Waals surface area contributed by atoms with Crippen molar-refractivity contribution < 1.29 is 18.7 Å². The number of halogens is 1. The maximum Gasteiger partial charge on any atom is 0.270 e. The minimum absolute atomic E-state index is 0.0659. The van der Waals surface area contributed by atoms with Gasteiger partial charge in [0.15, 0.2) is 0 Å². The van der Waals surface area contributed by atoms with Crippen LogP contribution in [0.5, 0.6) is 0 Å². The topological polar surface area (TPSA) is 69.5 Å². The number of rotatable bonds is 4. The number of carbonyl (C=O) groups is 1. The highest BCUT2D eigenvalue weighted by Crippen LogP contribution is 2.29. The molecule has 5 nitrogen and oxygen atoms in total. The molecule has 25 heavy (non-hydrogen) atoms. The summed E-state index contributed by atoms with van der Waals surface area (Å²) in [5.41, 5.74) is 0.981. The SMILES string of the molecule is O=C(c1cc2c(F)cccc2[nH]1)N1CCCC1CC(O)c1ccco1. The molecule has 1 amide bonds. The Morgan fingerprint density at radius 2 is 2.28 bits per heavy atom. The number of likely N-dealkylation sites (tertiary alicyclic amines) is 1. The van der Waals surface area contributed by atoms with Crippen LogP contribution in [0.15, 0.2) is 47.1 Å². The number of aliphatic hydroxyl groups is 1. The summed E-state index contributed by atoms with van der Waals surface area (Å²) in [6.45, 7) is 0.631. The molecular weight excluding hydrogens is 323 g/mol. The fourth-order valence-corrected chi connectivity index (χ4v) is 3.59. The number of hydrogen-bond donors (Lipinski definition) is 2. The lowest BCUT2D eigenvalue weighted by molar-refractivity contribution is 0.0637. The monoisotopic (exact) mass is 342 g/mol. The first-order valence-electron chi connectivity index (χ1n) is 8.43. The summed E-state index contributed by atoms with van der Waals surface area (Å²) < 4.78 is 19.1. The van der Waals surface area contributed by atoms with Gasteiger partial charge in [-0.2, -0.15) is 0 Å². The first kappa shape index (κ1) is 15.9. The van der Waals surface area contributed by atoms with Crippen molar-refractivity contribution in [1.29, 1.82) is 0 Å². The van der Waals surface area contributed by atoms with Gasteiger partial charge in [-0.3, -0.25) is 4.79 Å². The van der Waals surface area contributed by atoms with Crippen molar-refractivity contribution in [3.63, 3.8) is 0 Å². The molecule has 0 aliphatic carbocycles. The lowest BCUT2D eigenvalue weighted by Crippen LogP contribution is -2.36. The molecular formula is C19H19FN2O3. The zero-order valence-electron chi connectivity index (χ0n) is 13.6. The van der Waals surface area contributed by atoms with Gasteiger partial charge in [0.2, 0.25) is 0 Å². The highest BCUT2D eigenvalue weighted by molar-refractivity contribution is 5.98. The van der Waals surface area contributed by atoms with Gasteiger partial charge in [0.05, 0.1) is 6.26 Å². The summed E-state index contributed by atoms with van der Waals surface area (Å²) in [4.78, 5) is 17.6. The summed E-state index contributed by atoms with van der Waals surface area (Å²) in [6.07, 6.45) is 2.92. The molecule has 4 rings (SSSR count). The Balaban J connectivity index is 1.54. The molecule has 130 valence electrons. The summed E-state index contributed by atoms with van der Waals surface area (Å²) in [7, 11) is 0. The maximum absolute atomic E-state index is 13.9. The second kappa shape index (κ2) is 6.37. The molecule has 0 saturated carbocycles. The first-order chi connectivity index (χ1) is 12.1. The van der Waals surface area contributed by atoms with E-state index in [0.29, 0.717) is 35.3 Å². The third-order valence-electron chi connectivity index (χ3n) is 4.85. The number of nitrogens with one attached hydrogen (secondary N) is 1. The Morgan fingerprint density at radius 3 is 3.04 bits per heavy atom. The molecule has 2 N–H and O–H groups in total. The van der Waals surface area contributed by atoms with E-state index in [1.165, 1.54) is 12.3 Å². The van der Waals surface area contributed by atoms with Crippen LogP contribution in [0.3, 0.4) is 0 Å². The summed E-state index contributed by atoms with van der Waals surface area (Å²) in [6, 6.07) is 9.69. The van der Waals surface area contributed by atoms with Gasteiger partial charge in [-0.1, -0.05) is 6.07 Å². The highest BCUT2D eigenvalue weighted by Gasteiger charge is 2.32. The minimum Gasteiger partial charge on any atom is -0.467 e. The number of fused-ring (bicyclic) bond motifs is 1. The number of amides is 1. The van der Waals surface area contributed by atoms with Crippen molar-refractivity contribution in [1.82, 2.24) is 9.88 Å². The van der Waals surface area contributed by atoms with E-state index in [4.69, 9.17) is 4.42 Å². The van der Waals surface area contributed by atoms with Crippen LogP contribution in [0.1, 0.15) is 41.6 Å². The predicted octanol–water partition coefficient (Wildman–Crippen LogP) is 3.63. The van der Waals surface area contributed by atoms with E-state index in [9.17, 15) is 14.3 Å². The number of hydrogen-bond acceptors (Lipinski definition) is 3. The molecule has 2 atom stereocenters. The van der Waals surface area contributed by atoms with E-state index in [1.807, 2.05) is 0 Å². The standard InChI is InChI=1S/C19H19FN2O3/c20-14-5-1-6-15-13(14)11-16(21-15)19(24)22-8-2-4-12(22)10-17(23)18-7-3-9-25-18/h1,3,5-7,9,11-12,17,21,23H,2,4,8,10H2. The average molecular weight is 342 g/mol. The van der Waals surface area contributed by atoms with Crippen molar-refractivity contribution >= 4 is 16.8 Å². The number of aromatic nitrogens is 1. The average Bonchev–Trinajstić information content (AvgIpc) is 3.34. The molecule has 1 aliphatic heterocycles. The number of aliphatic hydroxyl groups excluding tert-OH is 1. The molecule has 0 bridgehead atoms. The van der Waals surface area contributed by atoms with Gasteiger partial charge in [-0.25, -0.2) is 4.39 Å². The Labute approximate surface area is 144 Å². The number of H-pyrrole nitrogens is 1. The van der Waals surface area contributed by atoms with Crippen LogP contribution in [-0.4, -0.2) is 33.5 Å². The fourth-order valence-electron chi connectivity index (χ4n) is 3.59. The zero-order valence-corrected chi connectivity index (χ0v) is 13.6. The number of benzene rings is 1. The molecule has 6 heteroatoms. The Kier molecular flexibility index (Phi) is 4.05. The number of aromatic amines is 1. The van der Waals surface area contributed by atoms with E-state index >= 15 is 0 Å². The zero-order chi connectivity index (χ0) is 17.4. The normalized spacial score (nSPS) is 18.8. The number of furan rings is 1. The summed E-state index contributed by atoms with van der Waals surface area (Å²) >= 11 is 0. The van der Waals surface area contributed by atoms with E-state index in [0.717, 1.165) is 12.8 Å². The molecule has 2 aromatic heterocycles. The van der Waals surface area contributed by atoms with Crippen molar-refractivity contribution in [3.05, 3.63) is 59.9 Å².